The van der Waals surface area contributed by atoms with Crippen molar-refractivity contribution in [2.75, 3.05) is 48.8 Å². The van der Waals surface area contributed by atoms with E-state index in [1.807, 2.05) is 49.3 Å². The molecule has 5 nitrogen and oxygen atoms in total. The maximum absolute atomic E-state index is 12.1. The molecule has 0 aliphatic carbocycles. The van der Waals surface area contributed by atoms with Gasteiger partial charge in [-0.15, -0.1) is 0 Å². The average Bonchev–Trinajstić information content (AvgIpc) is 3.10. The van der Waals surface area contributed by atoms with Crippen molar-refractivity contribution < 1.29 is 4.79 Å². The quantitative estimate of drug-likeness (QED) is 0.878. The zero-order chi connectivity index (χ0) is 17.6. The van der Waals surface area contributed by atoms with Crippen molar-refractivity contribution in [2.24, 2.45) is 5.92 Å². The van der Waals surface area contributed by atoms with Crippen LogP contribution in [0.5, 0.6) is 0 Å². The Labute approximate surface area is 149 Å². The summed E-state index contributed by atoms with van der Waals surface area (Å²) < 4.78 is 0. The lowest BCUT2D eigenvalue weighted by Gasteiger charge is -2.18. The molecule has 0 saturated carbocycles. The van der Waals surface area contributed by atoms with E-state index in [9.17, 15) is 4.79 Å². The van der Waals surface area contributed by atoms with Crippen LogP contribution in [0.2, 0.25) is 0 Å². The highest BCUT2D eigenvalue weighted by Crippen LogP contribution is 2.23. The summed E-state index contributed by atoms with van der Waals surface area (Å²) in [7, 11) is 3.99. The fourth-order valence-corrected chi connectivity index (χ4v) is 3.13. The fraction of sp³-hybridized carbons (Fsp3) is 0.350. The van der Waals surface area contributed by atoms with Gasteiger partial charge in [0.05, 0.1) is 0 Å². The number of carbonyl (C=O) groups is 1. The predicted octanol–water partition coefficient (Wildman–Crippen LogP) is 3.40. The Bertz CT molecular complexity index is 685. The lowest BCUT2D eigenvalue weighted by atomic mass is 10.1. The van der Waals surface area contributed by atoms with Crippen molar-refractivity contribution in [3.8, 4) is 0 Å². The summed E-state index contributed by atoms with van der Waals surface area (Å²) in [6, 6.07) is 18.1. The average molecular weight is 338 g/mol. The van der Waals surface area contributed by atoms with E-state index < -0.39 is 0 Å². The predicted molar refractivity (Wildman–Crippen MR) is 105 cm³/mol. The van der Waals surface area contributed by atoms with Gasteiger partial charge < -0.3 is 20.4 Å². The number of urea groups is 1. The molecule has 0 spiro atoms. The number of rotatable bonds is 5. The highest BCUT2D eigenvalue weighted by molar-refractivity contribution is 5.89. The second-order valence-electron chi connectivity index (χ2n) is 6.71. The van der Waals surface area contributed by atoms with Crippen LogP contribution < -0.4 is 20.4 Å². The summed E-state index contributed by atoms with van der Waals surface area (Å²) in [4.78, 5) is 16.5. The number of amides is 2. The van der Waals surface area contributed by atoms with Crippen molar-refractivity contribution >= 4 is 23.1 Å². The van der Waals surface area contributed by atoms with Crippen LogP contribution in [-0.4, -0.2) is 39.8 Å². The first-order valence-corrected chi connectivity index (χ1v) is 8.74. The number of hydrogen-bond donors (Lipinski definition) is 2. The van der Waals surface area contributed by atoms with Crippen molar-refractivity contribution in [1.82, 2.24) is 5.32 Å². The molecule has 5 heteroatoms. The molecule has 1 fully saturated rings. The molecule has 1 aliphatic rings. The molecule has 2 aromatic rings. The number of carbonyl (C=O) groups excluding carboxylic acids is 1. The van der Waals surface area contributed by atoms with Crippen LogP contribution in [0.3, 0.4) is 0 Å². The highest BCUT2D eigenvalue weighted by Gasteiger charge is 2.22. The number of para-hydroxylation sites is 1. The number of nitrogens with one attached hydrogen (secondary N) is 2. The van der Waals surface area contributed by atoms with Gasteiger partial charge in [0.1, 0.15) is 0 Å². The molecule has 1 saturated heterocycles. The number of hydrogen-bond acceptors (Lipinski definition) is 3. The van der Waals surface area contributed by atoms with Gasteiger partial charge in [-0.25, -0.2) is 4.79 Å². The van der Waals surface area contributed by atoms with E-state index >= 15 is 0 Å². The molecule has 1 unspecified atom stereocenters. The van der Waals surface area contributed by atoms with Crippen LogP contribution in [0, 0.1) is 5.92 Å². The second kappa shape index (κ2) is 7.92. The molecule has 2 aromatic carbocycles. The van der Waals surface area contributed by atoms with Gasteiger partial charge in [0.25, 0.3) is 0 Å². The smallest absolute Gasteiger partial charge is 0.319 e. The topological polar surface area (TPSA) is 47.6 Å². The molecule has 2 amide bonds. The monoisotopic (exact) mass is 338 g/mol. The molecular formula is C20H26N4O. The molecule has 3 rings (SSSR count). The van der Waals surface area contributed by atoms with Gasteiger partial charge in [-0.3, -0.25) is 0 Å². The first kappa shape index (κ1) is 17.1. The number of anilines is 3. The van der Waals surface area contributed by atoms with Gasteiger partial charge in [-0.05, 0) is 48.7 Å². The first-order chi connectivity index (χ1) is 12.1. The maximum Gasteiger partial charge on any atom is 0.319 e. The maximum atomic E-state index is 12.1. The molecule has 1 heterocycles. The Morgan fingerprint density at radius 3 is 2.52 bits per heavy atom. The Balaban J connectivity index is 1.43. The minimum atomic E-state index is -0.143. The normalized spacial score (nSPS) is 16.6. The van der Waals surface area contributed by atoms with Gasteiger partial charge in [0, 0.05) is 50.8 Å². The third-order valence-corrected chi connectivity index (χ3v) is 4.60. The van der Waals surface area contributed by atoms with E-state index in [1.54, 1.807) is 0 Å². The second-order valence-corrected chi connectivity index (χ2v) is 6.71. The first-order valence-electron chi connectivity index (χ1n) is 8.74. The number of benzene rings is 2. The van der Waals surface area contributed by atoms with E-state index in [2.05, 4.69) is 39.8 Å². The summed E-state index contributed by atoms with van der Waals surface area (Å²) in [5.74, 6) is 0.488. The summed E-state index contributed by atoms with van der Waals surface area (Å²) in [6.45, 7) is 2.73. The molecule has 1 aliphatic heterocycles. The van der Waals surface area contributed by atoms with Crippen LogP contribution in [0.25, 0.3) is 0 Å². The van der Waals surface area contributed by atoms with Crippen molar-refractivity contribution in [1.29, 1.82) is 0 Å². The fourth-order valence-electron chi connectivity index (χ4n) is 3.13. The van der Waals surface area contributed by atoms with Gasteiger partial charge in [-0.2, -0.15) is 0 Å². The third kappa shape index (κ3) is 4.66. The third-order valence-electron chi connectivity index (χ3n) is 4.60. The van der Waals surface area contributed by atoms with Crippen molar-refractivity contribution in [3.05, 3.63) is 54.6 Å². The standard InChI is InChI=1S/C20H26N4O/c1-23(2)18-10-8-17(9-11-18)22-20(25)21-14-16-12-13-24(15-16)19-6-4-3-5-7-19/h3-11,16H,12-15H2,1-2H3,(H2,21,22,25). The SMILES string of the molecule is CN(C)c1ccc(NC(=O)NCC2CCN(c3ccccc3)C2)cc1. The summed E-state index contributed by atoms with van der Waals surface area (Å²) >= 11 is 0. The van der Waals surface area contributed by atoms with Gasteiger partial charge in [0.15, 0.2) is 0 Å². The van der Waals surface area contributed by atoms with Gasteiger partial charge in [0.2, 0.25) is 0 Å². The number of nitrogens with zero attached hydrogens (tertiary/aromatic N) is 2. The van der Waals surface area contributed by atoms with E-state index in [1.165, 1.54) is 5.69 Å². The molecule has 0 radical (unpaired) electrons. The Morgan fingerprint density at radius 2 is 1.84 bits per heavy atom. The molecule has 132 valence electrons. The van der Waals surface area contributed by atoms with E-state index in [4.69, 9.17) is 0 Å². The molecule has 0 bridgehead atoms. The van der Waals surface area contributed by atoms with Crippen LogP contribution in [0.4, 0.5) is 21.9 Å². The molecule has 2 N–H and O–H groups in total. The van der Waals surface area contributed by atoms with E-state index in [0.29, 0.717) is 12.5 Å². The van der Waals surface area contributed by atoms with Crippen LogP contribution in [-0.2, 0) is 0 Å². The van der Waals surface area contributed by atoms with Crippen LogP contribution >= 0.6 is 0 Å². The highest BCUT2D eigenvalue weighted by atomic mass is 16.2. The zero-order valence-electron chi connectivity index (χ0n) is 14.9. The molecule has 25 heavy (non-hydrogen) atoms. The van der Waals surface area contributed by atoms with Gasteiger partial charge in [-0.1, -0.05) is 18.2 Å². The Hall–Kier alpha value is -2.69. The van der Waals surface area contributed by atoms with Crippen LogP contribution in [0.1, 0.15) is 6.42 Å². The largest absolute Gasteiger partial charge is 0.378 e. The van der Waals surface area contributed by atoms with Crippen LogP contribution in [0.15, 0.2) is 54.6 Å². The lowest BCUT2D eigenvalue weighted by Crippen LogP contribution is -2.34. The van der Waals surface area contributed by atoms with E-state index in [0.717, 1.165) is 30.9 Å². The Kier molecular flexibility index (Phi) is 5.43. The minimum Gasteiger partial charge on any atom is -0.378 e. The minimum absolute atomic E-state index is 0.143. The van der Waals surface area contributed by atoms with Crippen molar-refractivity contribution in [3.63, 3.8) is 0 Å². The molecular weight excluding hydrogens is 312 g/mol. The summed E-state index contributed by atoms with van der Waals surface area (Å²) in [5, 5.41) is 5.89. The summed E-state index contributed by atoms with van der Waals surface area (Å²) in [5.41, 5.74) is 3.17. The van der Waals surface area contributed by atoms with E-state index in [-0.39, 0.29) is 6.03 Å². The van der Waals surface area contributed by atoms with Gasteiger partial charge >= 0.3 is 6.03 Å². The molecule has 0 aromatic heterocycles. The summed E-state index contributed by atoms with van der Waals surface area (Å²) in [6.07, 6.45) is 1.10. The lowest BCUT2D eigenvalue weighted by molar-refractivity contribution is 0.250. The van der Waals surface area contributed by atoms with Crippen molar-refractivity contribution in [2.45, 2.75) is 6.42 Å². The zero-order valence-corrected chi connectivity index (χ0v) is 14.9. The Morgan fingerprint density at radius 1 is 1.12 bits per heavy atom. The molecule has 1 atom stereocenters.